The second kappa shape index (κ2) is 10.4. The third kappa shape index (κ3) is 6.06. The van der Waals surface area contributed by atoms with Crippen molar-refractivity contribution >= 4 is 5.96 Å². The largest absolute Gasteiger partial charge is 0.496 e. The third-order valence-electron chi connectivity index (χ3n) is 3.80. The molecule has 0 aliphatic heterocycles. The van der Waals surface area contributed by atoms with Crippen LogP contribution in [0.5, 0.6) is 5.75 Å². The Morgan fingerprint density at radius 1 is 1.27 bits per heavy atom. The number of methoxy groups -OCH3 is 1. The van der Waals surface area contributed by atoms with Crippen LogP contribution in [0, 0.1) is 0 Å². The molecule has 0 saturated heterocycles. The van der Waals surface area contributed by atoms with Crippen molar-refractivity contribution in [3.05, 3.63) is 41.5 Å². The molecule has 1 aromatic heterocycles. The van der Waals surface area contributed by atoms with E-state index in [9.17, 15) is 0 Å². The van der Waals surface area contributed by atoms with Gasteiger partial charge < -0.3 is 19.9 Å². The van der Waals surface area contributed by atoms with Crippen LogP contribution in [0.15, 0.2) is 33.8 Å². The molecular formula is C19H29N5O2. The fraction of sp³-hybridized carbons (Fsp3) is 0.526. The third-order valence-corrected chi connectivity index (χ3v) is 3.80. The summed E-state index contributed by atoms with van der Waals surface area (Å²) in [6.07, 6.45) is 1.64. The minimum Gasteiger partial charge on any atom is -0.496 e. The van der Waals surface area contributed by atoms with E-state index in [1.165, 1.54) is 0 Å². The van der Waals surface area contributed by atoms with Gasteiger partial charge in [-0.3, -0.25) is 0 Å². The number of hydrogen-bond acceptors (Lipinski definition) is 5. The van der Waals surface area contributed by atoms with Crippen molar-refractivity contribution < 1.29 is 9.26 Å². The Kier molecular flexibility index (Phi) is 7.92. The lowest BCUT2D eigenvalue weighted by molar-refractivity contribution is 0.368. The molecule has 7 heteroatoms. The van der Waals surface area contributed by atoms with Gasteiger partial charge in [-0.15, -0.1) is 0 Å². The first-order valence-electron chi connectivity index (χ1n) is 9.10. The predicted molar refractivity (Wildman–Crippen MR) is 103 cm³/mol. The topological polar surface area (TPSA) is 84.6 Å². The molecule has 0 unspecified atom stereocenters. The Balaban J connectivity index is 1.83. The van der Waals surface area contributed by atoms with E-state index in [-0.39, 0.29) is 5.92 Å². The van der Waals surface area contributed by atoms with E-state index < -0.39 is 0 Å². The number of aryl methyl sites for hydroxylation is 1. The van der Waals surface area contributed by atoms with Gasteiger partial charge in [-0.1, -0.05) is 37.2 Å². The van der Waals surface area contributed by atoms with Crippen molar-refractivity contribution in [1.29, 1.82) is 0 Å². The van der Waals surface area contributed by atoms with E-state index in [1.807, 2.05) is 31.2 Å². The molecule has 0 aliphatic carbocycles. The number of nitrogens with zero attached hydrogens (tertiary/aromatic N) is 3. The van der Waals surface area contributed by atoms with Gasteiger partial charge in [0, 0.05) is 31.0 Å². The minimum absolute atomic E-state index is 0.285. The first-order valence-corrected chi connectivity index (χ1v) is 9.10. The molecule has 2 N–H and O–H groups in total. The summed E-state index contributed by atoms with van der Waals surface area (Å²) in [6.45, 7) is 8.29. The molecule has 26 heavy (non-hydrogen) atoms. The molecule has 0 atom stereocenters. The lowest BCUT2D eigenvalue weighted by Gasteiger charge is -2.11. The van der Waals surface area contributed by atoms with Gasteiger partial charge in [0.1, 0.15) is 5.75 Å². The van der Waals surface area contributed by atoms with Crippen molar-refractivity contribution in [3.63, 3.8) is 0 Å². The fourth-order valence-electron chi connectivity index (χ4n) is 2.39. The van der Waals surface area contributed by atoms with Crippen LogP contribution in [0.2, 0.25) is 0 Å². The van der Waals surface area contributed by atoms with Gasteiger partial charge in [-0.2, -0.15) is 4.98 Å². The van der Waals surface area contributed by atoms with E-state index >= 15 is 0 Å². The molecule has 2 rings (SSSR count). The van der Waals surface area contributed by atoms with Crippen LogP contribution >= 0.6 is 0 Å². The summed E-state index contributed by atoms with van der Waals surface area (Å²) in [4.78, 5) is 9.02. The van der Waals surface area contributed by atoms with E-state index in [0.717, 1.165) is 49.0 Å². The number of benzene rings is 1. The molecule has 0 fully saturated rings. The number of aromatic nitrogens is 2. The molecule has 0 aliphatic rings. The quantitative estimate of drug-likeness (QED) is 0.407. The summed E-state index contributed by atoms with van der Waals surface area (Å²) in [7, 11) is 1.67. The van der Waals surface area contributed by atoms with Crippen LogP contribution < -0.4 is 15.4 Å². The highest BCUT2D eigenvalue weighted by molar-refractivity contribution is 5.79. The number of para-hydroxylation sites is 1. The van der Waals surface area contributed by atoms with Gasteiger partial charge in [-0.25, -0.2) is 4.99 Å². The maximum atomic E-state index is 5.37. The van der Waals surface area contributed by atoms with Crippen LogP contribution in [-0.2, 0) is 13.0 Å². The van der Waals surface area contributed by atoms with Crippen molar-refractivity contribution in [2.45, 2.75) is 46.1 Å². The van der Waals surface area contributed by atoms with Gasteiger partial charge in [0.15, 0.2) is 11.8 Å². The zero-order valence-corrected chi connectivity index (χ0v) is 16.1. The SMILES string of the molecule is CCNC(=NCc1ccccc1OC)NCCCc1nc(C(C)C)no1. The first kappa shape index (κ1) is 19.8. The summed E-state index contributed by atoms with van der Waals surface area (Å²) in [5.74, 6) is 3.37. The number of aliphatic imine (C=N–C) groups is 1. The molecule has 0 spiro atoms. The number of ether oxygens (including phenoxy) is 1. The van der Waals surface area contributed by atoms with Crippen LogP contribution in [0.4, 0.5) is 0 Å². The number of hydrogen-bond donors (Lipinski definition) is 2. The molecule has 1 heterocycles. The molecule has 142 valence electrons. The smallest absolute Gasteiger partial charge is 0.226 e. The highest BCUT2D eigenvalue weighted by Gasteiger charge is 2.09. The van der Waals surface area contributed by atoms with Gasteiger partial charge in [-0.05, 0) is 19.4 Å². The Bertz CT molecular complexity index is 697. The number of nitrogens with one attached hydrogen (secondary N) is 2. The second-order valence-electron chi connectivity index (χ2n) is 6.24. The summed E-state index contributed by atoms with van der Waals surface area (Å²) in [5, 5.41) is 10.6. The van der Waals surface area contributed by atoms with Gasteiger partial charge in [0.05, 0.1) is 13.7 Å². The molecule has 2 aromatic rings. The summed E-state index contributed by atoms with van der Waals surface area (Å²) < 4.78 is 10.6. The van der Waals surface area contributed by atoms with Crippen LogP contribution in [0.3, 0.4) is 0 Å². The standard InChI is InChI=1S/C19H29N5O2/c1-5-20-19(22-13-15-9-6-7-10-16(15)25-4)21-12-8-11-17-23-18(14(2)3)24-26-17/h6-7,9-10,14H,5,8,11-13H2,1-4H3,(H2,20,21,22). The highest BCUT2D eigenvalue weighted by atomic mass is 16.5. The number of rotatable bonds is 9. The molecule has 0 bridgehead atoms. The van der Waals surface area contributed by atoms with Crippen LogP contribution in [-0.4, -0.2) is 36.3 Å². The second-order valence-corrected chi connectivity index (χ2v) is 6.24. The normalized spacial score (nSPS) is 11.7. The fourth-order valence-corrected chi connectivity index (χ4v) is 2.39. The van der Waals surface area contributed by atoms with Crippen molar-refractivity contribution in [1.82, 2.24) is 20.8 Å². The molecule has 7 nitrogen and oxygen atoms in total. The monoisotopic (exact) mass is 359 g/mol. The molecule has 0 radical (unpaired) electrons. The average Bonchev–Trinajstić information content (AvgIpc) is 3.12. The maximum absolute atomic E-state index is 5.37. The molecule has 0 amide bonds. The first-order chi connectivity index (χ1) is 12.6. The molecule has 1 aromatic carbocycles. The Morgan fingerprint density at radius 3 is 2.77 bits per heavy atom. The van der Waals surface area contributed by atoms with Gasteiger partial charge >= 0.3 is 0 Å². The van der Waals surface area contributed by atoms with E-state index in [0.29, 0.717) is 12.4 Å². The van der Waals surface area contributed by atoms with Crippen molar-refractivity contribution in [3.8, 4) is 5.75 Å². The average molecular weight is 359 g/mol. The van der Waals surface area contributed by atoms with Gasteiger partial charge in [0.2, 0.25) is 5.89 Å². The van der Waals surface area contributed by atoms with Crippen molar-refractivity contribution in [2.24, 2.45) is 4.99 Å². The summed E-state index contributed by atoms with van der Waals surface area (Å²) in [5.41, 5.74) is 1.05. The maximum Gasteiger partial charge on any atom is 0.226 e. The summed E-state index contributed by atoms with van der Waals surface area (Å²) >= 11 is 0. The van der Waals surface area contributed by atoms with Crippen LogP contribution in [0.25, 0.3) is 0 Å². The lowest BCUT2D eigenvalue weighted by atomic mass is 10.2. The molecular weight excluding hydrogens is 330 g/mol. The van der Waals surface area contributed by atoms with Crippen LogP contribution in [0.1, 0.15) is 50.4 Å². The number of guanidine groups is 1. The highest BCUT2D eigenvalue weighted by Crippen LogP contribution is 2.17. The Morgan fingerprint density at radius 2 is 2.08 bits per heavy atom. The minimum atomic E-state index is 0.285. The van der Waals surface area contributed by atoms with E-state index in [4.69, 9.17) is 9.26 Å². The molecule has 0 saturated carbocycles. The summed E-state index contributed by atoms with van der Waals surface area (Å²) in [6, 6.07) is 7.91. The van der Waals surface area contributed by atoms with Crippen molar-refractivity contribution in [2.75, 3.05) is 20.2 Å². The predicted octanol–water partition coefficient (Wildman–Crippen LogP) is 2.89. The van der Waals surface area contributed by atoms with Gasteiger partial charge in [0.25, 0.3) is 0 Å². The van der Waals surface area contributed by atoms with E-state index in [2.05, 4.69) is 39.6 Å². The lowest BCUT2D eigenvalue weighted by Crippen LogP contribution is -2.37. The zero-order chi connectivity index (χ0) is 18.8. The Labute approximate surface area is 155 Å². The zero-order valence-electron chi connectivity index (χ0n) is 16.1. The Hall–Kier alpha value is -2.57. The van der Waals surface area contributed by atoms with E-state index in [1.54, 1.807) is 7.11 Å².